The molecule has 0 radical (unpaired) electrons. The standard InChI is InChI=1S/C21H25N8O10P.HO2P/c22-16-10-1-2-28(17(10)24-6-23-16)21-15(32)14(31)12(38-21)5-36-40(34,35)39-11-3-9(4-30)37-20(11)29-8-27-13-18(29)25-7-26-19(13)33;1-3-2/h1-2,6-9,11-12,14-15,20-21,30-32H,3-5H2,(H,34,35)(H2,22,23,24)(H,25,26,33);(H,1,2)/t9?,11-,12?,14-,15-,20-,21-;/m1./s1. The Labute approximate surface area is 241 Å². The number of nitrogens with one attached hydrogen (secondary N) is 1. The van der Waals surface area contributed by atoms with Crippen LogP contribution in [0.1, 0.15) is 18.9 Å². The predicted octanol–water partition coefficient (Wildman–Crippen LogP) is -1.27. The first kappa shape index (κ1) is 31.2. The van der Waals surface area contributed by atoms with Crippen LogP contribution < -0.4 is 11.3 Å². The van der Waals surface area contributed by atoms with Crippen molar-refractivity contribution >= 4 is 44.5 Å². The average Bonchev–Trinajstić information content (AvgIpc) is 3.74. The minimum Gasteiger partial charge on any atom is -0.394 e. The van der Waals surface area contributed by atoms with Gasteiger partial charge in [-0.2, -0.15) is 0 Å². The molecular weight excluding hydrogens is 618 g/mol. The summed E-state index contributed by atoms with van der Waals surface area (Å²) in [5.74, 6) is 0.221. The molecule has 2 fully saturated rings. The minimum absolute atomic E-state index is 0.00692. The zero-order chi connectivity index (χ0) is 30.9. The van der Waals surface area contributed by atoms with E-state index in [4.69, 9.17) is 33.7 Å². The Hall–Kier alpha value is -3.26. The highest BCUT2D eigenvalue weighted by Crippen LogP contribution is 2.50. The highest BCUT2D eigenvalue weighted by Gasteiger charge is 2.47. The number of aromatic amines is 1. The molecule has 20 nitrogen and oxygen atoms in total. The van der Waals surface area contributed by atoms with Gasteiger partial charge in [-0.1, -0.05) is 0 Å². The number of nitrogens with zero attached hydrogens (tertiary/aromatic N) is 6. The second-order valence-electron chi connectivity index (χ2n) is 9.38. The Morgan fingerprint density at radius 2 is 1.91 bits per heavy atom. The number of aromatic nitrogens is 7. The summed E-state index contributed by atoms with van der Waals surface area (Å²) in [5.41, 5.74) is 5.88. The summed E-state index contributed by atoms with van der Waals surface area (Å²) in [6.07, 6.45) is -2.92. The average molecular weight is 644 g/mol. The fourth-order valence-electron chi connectivity index (χ4n) is 4.88. The molecule has 0 aromatic carbocycles. The predicted molar refractivity (Wildman–Crippen MR) is 142 cm³/mol. The van der Waals surface area contributed by atoms with Crippen molar-refractivity contribution in [2.75, 3.05) is 18.9 Å². The zero-order valence-electron chi connectivity index (χ0n) is 21.8. The van der Waals surface area contributed by atoms with E-state index in [2.05, 4.69) is 24.9 Å². The van der Waals surface area contributed by atoms with Crippen molar-refractivity contribution in [3.05, 3.63) is 41.6 Å². The van der Waals surface area contributed by atoms with Gasteiger partial charge in [0.15, 0.2) is 23.6 Å². The van der Waals surface area contributed by atoms with Gasteiger partial charge in [-0.05, 0) is 6.07 Å². The highest BCUT2D eigenvalue weighted by atomic mass is 31.2. The molecule has 22 heteroatoms. The maximum absolute atomic E-state index is 12.9. The Morgan fingerprint density at radius 1 is 1.14 bits per heavy atom. The van der Waals surface area contributed by atoms with Gasteiger partial charge in [0.1, 0.15) is 42.2 Å². The third-order valence-electron chi connectivity index (χ3n) is 6.81. The van der Waals surface area contributed by atoms with E-state index in [1.807, 2.05) is 0 Å². The van der Waals surface area contributed by atoms with Crippen molar-refractivity contribution in [1.29, 1.82) is 0 Å². The number of anilines is 1. The van der Waals surface area contributed by atoms with Gasteiger partial charge in [-0.3, -0.25) is 18.4 Å². The lowest BCUT2D eigenvalue weighted by Gasteiger charge is -2.23. The Bertz CT molecular complexity index is 1700. The summed E-state index contributed by atoms with van der Waals surface area (Å²) in [7, 11) is -5.65. The van der Waals surface area contributed by atoms with Crippen LogP contribution >= 0.6 is 16.5 Å². The van der Waals surface area contributed by atoms with Gasteiger partial charge in [0.05, 0.1) is 37.4 Å². The lowest BCUT2D eigenvalue weighted by molar-refractivity contribution is -0.0614. The van der Waals surface area contributed by atoms with Gasteiger partial charge in [0, 0.05) is 12.6 Å². The first-order valence-electron chi connectivity index (χ1n) is 12.5. The molecule has 43 heavy (non-hydrogen) atoms. The maximum Gasteiger partial charge on any atom is 0.472 e. The molecule has 6 rings (SSSR count). The smallest absolute Gasteiger partial charge is 0.394 e. The number of hydrogen-bond donors (Lipinski definition) is 7. The number of H-pyrrole nitrogens is 1. The molecule has 0 bridgehead atoms. The number of nitrogen functional groups attached to an aromatic ring is 1. The number of nitrogens with two attached hydrogens (primary N) is 1. The molecule has 0 spiro atoms. The number of aliphatic hydroxyl groups is 3. The van der Waals surface area contributed by atoms with Crippen molar-refractivity contribution < 1.29 is 52.8 Å². The van der Waals surface area contributed by atoms with E-state index in [1.54, 1.807) is 12.3 Å². The summed E-state index contributed by atoms with van der Waals surface area (Å²) in [4.78, 5) is 48.1. The van der Waals surface area contributed by atoms with Gasteiger partial charge in [-0.15, -0.1) is 0 Å². The SMILES string of the molecule is Nc1ncnc2c1ccn2[C@@H]1OC(COP(=O)(O)O[C@@H]2CC(CO)O[C@H]2n2cnc3c(=O)[nH]cnc32)[C@@H](O)[C@H]1O.O=PO. The van der Waals surface area contributed by atoms with Crippen molar-refractivity contribution in [2.24, 2.45) is 0 Å². The Balaban J connectivity index is 0.00000118. The van der Waals surface area contributed by atoms with Gasteiger partial charge in [0.25, 0.3) is 5.56 Å². The molecule has 8 N–H and O–H groups in total. The molecule has 2 aliphatic heterocycles. The molecule has 232 valence electrons. The summed E-state index contributed by atoms with van der Waals surface area (Å²) in [6, 6.07) is 1.63. The molecule has 0 amide bonds. The number of aliphatic hydroxyl groups excluding tert-OH is 3. The largest absolute Gasteiger partial charge is 0.472 e. The van der Waals surface area contributed by atoms with Gasteiger partial charge < -0.3 is 49.9 Å². The number of fused-ring (bicyclic) bond motifs is 2. The fourth-order valence-corrected chi connectivity index (χ4v) is 5.81. The van der Waals surface area contributed by atoms with Crippen molar-refractivity contribution in [3.63, 3.8) is 0 Å². The molecule has 2 saturated heterocycles. The van der Waals surface area contributed by atoms with Crippen LogP contribution in [0.4, 0.5) is 5.82 Å². The normalized spacial score (nSPS) is 28.7. The van der Waals surface area contributed by atoms with Crippen LogP contribution in [-0.4, -0.2) is 103 Å². The van der Waals surface area contributed by atoms with E-state index in [0.29, 0.717) is 11.0 Å². The molecule has 4 aromatic heterocycles. The number of phosphoric acid groups is 1. The first-order chi connectivity index (χ1) is 20.6. The van der Waals surface area contributed by atoms with E-state index >= 15 is 0 Å². The second-order valence-corrected chi connectivity index (χ2v) is 10.9. The van der Waals surface area contributed by atoms with Gasteiger partial charge in [-0.25, -0.2) is 29.1 Å². The van der Waals surface area contributed by atoms with Crippen LogP contribution in [0, 0.1) is 0 Å². The van der Waals surface area contributed by atoms with Crippen LogP contribution in [0.3, 0.4) is 0 Å². The summed E-state index contributed by atoms with van der Waals surface area (Å²) in [6.45, 7) is -1.02. The van der Waals surface area contributed by atoms with Crippen LogP contribution in [-0.2, 0) is 27.7 Å². The lowest BCUT2D eigenvalue weighted by Crippen LogP contribution is -2.33. The monoisotopic (exact) mass is 644 g/mol. The van der Waals surface area contributed by atoms with Crippen molar-refractivity contribution in [3.8, 4) is 0 Å². The van der Waals surface area contributed by atoms with Crippen molar-refractivity contribution in [1.82, 2.24) is 34.1 Å². The zero-order valence-corrected chi connectivity index (χ0v) is 23.6. The number of rotatable bonds is 8. The van der Waals surface area contributed by atoms with E-state index < -0.39 is 78.3 Å². The first-order valence-corrected chi connectivity index (χ1v) is 14.7. The minimum atomic E-state index is -4.81. The van der Waals surface area contributed by atoms with E-state index in [1.165, 1.54) is 28.1 Å². The third kappa shape index (κ3) is 6.21. The van der Waals surface area contributed by atoms with Crippen LogP contribution in [0.15, 0.2) is 36.0 Å². The summed E-state index contributed by atoms with van der Waals surface area (Å²) in [5, 5.41) is 31.3. The van der Waals surface area contributed by atoms with Gasteiger partial charge in [0.2, 0.25) is 0 Å². The number of imidazole rings is 1. The molecule has 3 unspecified atom stereocenters. The van der Waals surface area contributed by atoms with Gasteiger partial charge >= 0.3 is 16.5 Å². The molecule has 0 saturated carbocycles. The molecule has 4 aromatic rings. The topological polar surface area (TPSA) is 293 Å². The quantitative estimate of drug-likeness (QED) is 0.110. The van der Waals surface area contributed by atoms with E-state index in [-0.39, 0.29) is 23.4 Å². The summed E-state index contributed by atoms with van der Waals surface area (Å²) >= 11 is 0. The molecule has 2 aliphatic rings. The van der Waals surface area contributed by atoms with Crippen LogP contribution in [0.5, 0.6) is 0 Å². The van der Waals surface area contributed by atoms with E-state index in [0.717, 1.165) is 0 Å². The van der Waals surface area contributed by atoms with Crippen LogP contribution in [0.25, 0.3) is 22.2 Å². The molecule has 0 aliphatic carbocycles. The maximum atomic E-state index is 12.9. The number of phosphoric ester groups is 1. The molecule has 8 atom stereocenters. The highest BCUT2D eigenvalue weighted by molar-refractivity contribution is 7.47. The molecule has 6 heterocycles. The number of hydrogen-bond acceptors (Lipinski definition) is 15. The lowest BCUT2D eigenvalue weighted by atomic mass is 10.1. The third-order valence-corrected chi connectivity index (χ3v) is 7.82. The van der Waals surface area contributed by atoms with E-state index in [9.17, 15) is 29.6 Å². The van der Waals surface area contributed by atoms with Crippen molar-refractivity contribution in [2.45, 2.75) is 49.4 Å². The Kier molecular flexibility index (Phi) is 9.26. The second kappa shape index (κ2) is 12.8. The number of ether oxygens (including phenoxy) is 2. The van der Waals surface area contributed by atoms with Crippen LogP contribution in [0.2, 0.25) is 0 Å². The molecular formula is C21H26N8O12P2. The fraction of sp³-hybridized carbons (Fsp3) is 0.476. The Morgan fingerprint density at radius 3 is 2.65 bits per heavy atom. The summed E-state index contributed by atoms with van der Waals surface area (Å²) < 4.78 is 46.2.